The van der Waals surface area contributed by atoms with Crippen LogP contribution in [0, 0.1) is 0 Å². The molecule has 32 heavy (non-hydrogen) atoms. The standard InChI is InChI=1S/C24H24N6O2/c1-28-10-12-29(13-11-28)22-5-4-21-26-23(18-2-3-19-20(16-18)32-15-14-31-19)24(30(21)27-22)17-6-8-25-9-7-17/h2-9,16H,10-15H2,1H3. The second kappa shape index (κ2) is 7.80. The van der Waals surface area contributed by atoms with Crippen LogP contribution in [0.4, 0.5) is 5.82 Å². The molecule has 0 amide bonds. The Kier molecular flexibility index (Phi) is 4.65. The van der Waals surface area contributed by atoms with Crippen molar-refractivity contribution in [3.05, 3.63) is 54.9 Å². The Morgan fingerprint density at radius 3 is 2.41 bits per heavy atom. The summed E-state index contributed by atoms with van der Waals surface area (Å²) in [5, 5.41) is 5.02. The van der Waals surface area contributed by atoms with Gasteiger partial charge in [0, 0.05) is 49.7 Å². The van der Waals surface area contributed by atoms with Crippen LogP contribution in [0.5, 0.6) is 11.5 Å². The summed E-state index contributed by atoms with van der Waals surface area (Å²) >= 11 is 0. The molecular weight excluding hydrogens is 404 g/mol. The Balaban J connectivity index is 1.51. The summed E-state index contributed by atoms with van der Waals surface area (Å²) in [4.78, 5) is 13.8. The molecule has 6 rings (SSSR count). The van der Waals surface area contributed by atoms with Crippen LogP contribution in [0.25, 0.3) is 28.2 Å². The van der Waals surface area contributed by atoms with Crippen molar-refractivity contribution in [3.8, 4) is 34.0 Å². The average molecular weight is 428 g/mol. The second-order valence-corrected chi connectivity index (χ2v) is 8.16. The van der Waals surface area contributed by atoms with E-state index in [4.69, 9.17) is 19.6 Å². The molecule has 0 aliphatic carbocycles. The number of piperazine rings is 1. The number of hydrogen-bond acceptors (Lipinski definition) is 7. The van der Waals surface area contributed by atoms with Crippen LogP contribution < -0.4 is 14.4 Å². The Morgan fingerprint density at radius 2 is 1.59 bits per heavy atom. The Morgan fingerprint density at radius 1 is 0.812 bits per heavy atom. The zero-order valence-corrected chi connectivity index (χ0v) is 17.9. The Hall–Kier alpha value is -3.65. The minimum atomic E-state index is 0.550. The third-order valence-corrected chi connectivity index (χ3v) is 6.06. The van der Waals surface area contributed by atoms with Crippen molar-refractivity contribution < 1.29 is 9.47 Å². The topological polar surface area (TPSA) is 68.0 Å². The number of rotatable bonds is 3. The Labute approximate surface area is 186 Å². The number of likely N-dealkylation sites (N-methyl/N-ethyl adjacent to an activating group) is 1. The number of fused-ring (bicyclic) bond motifs is 2. The fourth-order valence-corrected chi connectivity index (χ4v) is 4.29. The maximum Gasteiger partial charge on any atom is 0.162 e. The van der Waals surface area contributed by atoms with E-state index in [0.29, 0.717) is 13.2 Å². The van der Waals surface area contributed by atoms with Crippen molar-refractivity contribution in [1.82, 2.24) is 24.5 Å². The van der Waals surface area contributed by atoms with E-state index < -0.39 is 0 Å². The van der Waals surface area contributed by atoms with Crippen molar-refractivity contribution in [2.75, 3.05) is 51.3 Å². The van der Waals surface area contributed by atoms with E-state index in [-0.39, 0.29) is 0 Å². The van der Waals surface area contributed by atoms with E-state index in [1.54, 1.807) is 12.4 Å². The highest BCUT2D eigenvalue weighted by Gasteiger charge is 2.22. The van der Waals surface area contributed by atoms with Crippen LogP contribution >= 0.6 is 0 Å². The Bertz CT molecular complexity index is 1260. The highest BCUT2D eigenvalue weighted by molar-refractivity contribution is 5.82. The van der Waals surface area contributed by atoms with Crippen LogP contribution in [0.3, 0.4) is 0 Å². The molecule has 1 saturated heterocycles. The molecule has 5 heterocycles. The largest absolute Gasteiger partial charge is 0.486 e. The van der Waals surface area contributed by atoms with Crippen LogP contribution in [-0.2, 0) is 0 Å². The van der Waals surface area contributed by atoms with E-state index in [0.717, 1.165) is 71.7 Å². The molecule has 0 atom stereocenters. The van der Waals surface area contributed by atoms with Gasteiger partial charge in [-0.25, -0.2) is 9.50 Å². The molecule has 8 nitrogen and oxygen atoms in total. The number of pyridine rings is 1. The number of ether oxygens (including phenoxy) is 2. The van der Waals surface area contributed by atoms with Gasteiger partial charge in [0.1, 0.15) is 24.7 Å². The minimum absolute atomic E-state index is 0.550. The second-order valence-electron chi connectivity index (χ2n) is 8.16. The maximum absolute atomic E-state index is 5.82. The van der Waals surface area contributed by atoms with Gasteiger partial charge >= 0.3 is 0 Å². The number of benzene rings is 1. The number of imidazole rings is 1. The third-order valence-electron chi connectivity index (χ3n) is 6.06. The summed E-state index contributed by atoms with van der Waals surface area (Å²) in [5.41, 5.74) is 4.58. The lowest BCUT2D eigenvalue weighted by molar-refractivity contribution is 0.171. The summed E-state index contributed by atoms with van der Waals surface area (Å²) in [6.45, 7) is 5.11. The van der Waals surface area contributed by atoms with Gasteiger partial charge in [-0.05, 0) is 49.5 Å². The molecule has 1 fully saturated rings. The van der Waals surface area contributed by atoms with Crippen molar-refractivity contribution >= 4 is 11.5 Å². The van der Waals surface area contributed by atoms with E-state index >= 15 is 0 Å². The summed E-state index contributed by atoms with van der Waals surface area (Å²) in [7, 11) is 2.16. The number of anilines is 1. The summed E-state index contributed by atoms with van der Waals surface area (Å²) in [5.74, 6) is 2.48. The van der Waals surface area contributed by atoms with Crippen LogP contribution in [0.2, 0.25) is 0 Å². The molecule has 0 unspecified atom stereocenters. The first-order chi connectivity index (χ1) is 15.8. The van der Waals surface area contributed by atoms with Crippen molar-refractivity contribution in [1.29, 1.82) is 0 Å². The third kappa shape index (κ3) is 3.33. The number of aromatic nitrogens is 4. The summed E-state index contributed by atoms with van der Waals surface area (Å²) < 4.78 is 13.5. The average Bonchev–Trinajstić information content (AvgIpc) is 3.23. The first kappa shape index (κ1) is 19.1. The quantitative estimate of drug-likeness (QED) is 0.497. The molecule has 1 aromatic carbocycles. The molecule has 4 aromatic rings. The maximum atomic E-state index is 5.82. The van der Waals surface area contributed by atoms with Gasteiger partial charge in [0.25, 0.3) is 0 Å². The first-order valence-electron chi connectivity index (χ1n) is 10.9. The fourth-order valence-electron chi connectivity index (χ4n) is 4.29. The summed E-state index contributed by atoms with van der Waals surface area (Å²) in [6, 6.07) is 14.1. The van der Waals surface area contributed by atoms with Gasteiger partial charge in [0.2, 0.25) is 0 Å². The zero-order valence-electron chi connectivity index (χ0n) is 17.9. The van der Waals surface area contributed by atoms with E-state index in [1.807, 2.05) is 40.9 Å². The normalized spacial score (nSPS) is 16.5. The molecule has 2 aliphatic rings. The highest BCUT2D eigenvalue weighted by Crippen LogP contribution is 2.38. The lowest BCUT2D eigenvalue weighted by Crippen LogP contribution is -2.44. The van der Waals surface area contributed by atoms with Gasteiger partial charge in [0.05, 0.1) is 5.69 Å². The number of hydrogen-bond donors (Lipinski definition) is 0. The number of nitrogens with zero attached hydrogens (tertiary/aromatic N) is 6. The van der Waals surface area contributed by atoms with Gasteiger partial charge in [-0.1, -0.05) is 0 Å². The van der Waals surface area contributed by atoms with Crippen molar-refractivity contribution in [3.63, 3.8) is 0 Å². The van der Waals surface area contributed by atoms with Gasteiger partial charge in [-0.15, -0.1) is 5.10 Å². The predicted octanol–water partition coefficient (Wildman–Crippen LogP) is 2.98. The van der Waals surface area contributed by atoms with Crippen LogP contribution in [0.15, 0.2) is 54.9 Å². The van der Waals surface area contributed by atoms with E-state index in [1.165, 1.54) is 0 Å². The lowest BCUT2D eigenvalue weighted by Gasteiger charge is -2.33. The zero-order chi connectivity index (χ0) is 21.5. The predicted molar refractivity (Wildman–Crippen MR) is 122 cm³/mol. The molecular formula is C24H24N6O2. The SMILES string of the molecule is CN1CCN(c2ccc3nc(-c4ccc5c(c4)OCCO5)c(-c4ccncc4)n3n2)CC1. The van der Waals surface area contributed by atoms with Crippen molar-refractivity contribution in [2.45, 2.75) is 0 Å². The molecule has 3 aromatic heterocycles. The molecule has 0 N–H and O–H groups in total. The smallest absolute Gasteiger partial charge is 0.162 e. The van der Waals surface area contributed by atoms with Gasteiger partial charge in [0.15, 0.2) is 17.1 Å². The van der Waals surface area contributed by atoms with Crippen LogP contribution in [-0.4, -0.2) is 70.9 Å². The van der Waals surface area contributed by atoms with Crippen molar-refractivity contribution in [2.24, 2.45) is 0 Å². The fraction of sp³-hybridized carbons (Fsp3) is 0.292. The first-order valence-corrected chi connectivity index (χ1v) is 10.9. The molecule has 0 radical (unpaired) electrons. The molecule has 0 spiro atoms. The monoisotopic (exact) mass is 428 g/mol. The van der Waals surface area contributed by atoms with Crippen LogP contribution in [0.1, 0.15) is 0 Å². The van der Waals surface area contributed by atoms with E-state index in [9.17, 15) is 0 Å². The van der Waals surface area contributed by atoms with Gasteiger partial charge in [-0.3, -0.25) is 4.98 Å². The minimum Gasteiger partial charge on any atom is -0.486 e. The highest BCUT2D eigenvalue weighted by atomic mass is 16.6. The summed E-state index contributed by atoms with van der Waals surface area (Å²) in [6.07, 6.45) is 3.60. The molecule has 0 bridgehead atoms. The molecule has 162 valence electrons. The molecule has 2 aliphatic heterocycles. The van der Waals surface area contributed by atoms with E-state index in [2.05, 4.69) is 27.9 Å². The molecule has 0 saturated carbocycles. The lowest BCUT2D eigenvalue weighted by atomic mass is 10.1. The molecule has 8 heteroatoms. The van der Waals surface area contributed by atoms with Gasteiger partial charge < -0.3 is 19.3 Å². The van der Waals surface area contributed by atoms with Gasteiger partial charge in [-0.2, -0.15) is 0 Å².